The van der Waals surface area contributed by atoms with Gasteiger partial charge in [-0.15, -0.1) is 54.1 Å². The Labute approximate surface area is 331 Å². The van der Waals surface area contributed by atoms with Crippen LogP contribution in [0, 0.1) is 38.3 Å². The fourth-order valence-corrected chi connectivity index (χ4v) is 8.46. The molecular weight excluding hydrogens is 843 g/mol. The molecule has 5 aromatic carbocycles. The van der Waals surface area contributed by atoms with E-state index in [1.807, 2.05) is 87.6 Å². The second-order valence-corrected chi connectivity index (χ2v) is 20.8. The van der Waals surface area contributed by atoms with Crippen molar-refractivity contribution in [1.82, 2.24) is 14.5 Å². The molecule has 4 nitrogen and oxygen atoms in total. The maximum absolute atomic E-state index is 8.75. The van der Waals surface area contributed by atoms with E-state index in [4.69, 9.17) is 12.1 Å². The molecule has 0 amide bonds. The SMILES string of the molecule is Cc1cc(C)c(-n2c(-c3[c-]ccc4c3oc3ccccc34)nc3ccccc32)c(C)c1.[2H]C([2H])(c1cc(-c2[c-]cccc2)ncc1[Si](C)(C)C)C(C)(C)C.[Ir]. The van der Waals surface area contributed by atoms with E-state index in [1.165, 1.54) is 16.7 Å². The molecule has 0 N–H and O–H groups in total. The number of aryl methyl sites for hydroxylation is 3. The molecule has 0 bridgehead atoms. The van der Waals surface area contributed by atoms with Crippen molar-refractivity contribution in [2.45, 2.75) is 67.6 Å². The van der Waals surface area contributed by atoms with E-state index in [1.54, 1.807) is 0 Å². The zero-order chi connectivity index (χ0) is 38.6. The van der Waals surface area contributed by atoms with Gasteiger partial charge in [-0.3, -0.25) is 4.98 Å². The molecule has 271 valence electrons. The van der Waals surface area contributed by atoms with Gasteiger partial charge in [0.15, 0.2) is 0 Å². The zero-order valence-corrected chi connectivity index (χ0v) is 35.4. The monoisotopic (exact) mass is 892 g/mol. The third-order valence-electron chi connectivity index (χ3n) is 9.19. The van der Waals surface area contributed by atoms with E-state index in [0.29, 0.717) is 0 Å². The van der Waals surface area contributed by atoms with Gasteiger partial charge in [0.25, 0.3) is 0 Å². The smallest absolute Gasteiger partial charge is 0.120 e. The van der Waals surface area contributed by atoms with E-state index < -0.39 is 19.9 Å². The van der Waals surface area contributed by atoms with Gasteiger partial charge in [0, 0.05) is 40.1 Å². The predicted octanol–water partition coefficient (Wildman–Crippen LogP) is 12.0. The van der Waals surface area contributed by atoms with Crippen LogP contribution in [0.3, 0.4) is 0 Å². The molecule has 0 spiro atoms. The molecule has 0 atom stereocenters. The van der Waals surface area contributed by atoms with Gasteiger partial charge in [-0.05, 0) is 72.8 Å². The normalized spacial score (nSPS) is 12.6. The molecule has 3 aromatic heterocycles. The molecule has 0 aliphatic rings. The summed E-state index contributed by atoms with van der Waals surface area (Å²) in [5, 5.41) is 3.29. The first-order valence-corrected chi connectivity index (χ1v) is 21.4. The standard InChI is InChI=1S/C28H21N2O.C19H26NSi.Ir/c1-17-15-18(2)26(19(3)16-17)30-24-13-6-5-12-23(24)29-28(30)22-11-8-10-21-20-9-4-7-14-25(20)31-27(21)22;1-19(2,3)13-16-12-17(15-10-8-7-9-11-15)20-14-18(16)21(4,5)6;/h4-10,12-16H,1-3H3;7-10,12,14H,13H2,1-6H3;/q2*-1;/i;13D2;. The third-order valence-corrected chi connectivity index (χ3v) is 11.2. The van der Waals surface area contributed by atoms with Crippen molar-refractivity contribution in [2.75, 3.05) is 0 Å². The number of hydrogen-bond acceptors (Lipinski definition) is 3. The van der Waals surface area contributed by atoms with Gasteiger partial charge < -0.3 is 14.0 Å². The number of furan rings is 1. The van der Waals surface area contributed by atoms with Gasteiger partial charge in [0.05, 0.1) is 30.5 Å². The van der Waals surface area contributed by atoms with E-state index in [-0.39, 0.29) is 20.1 Å². The van der Waals surface area contributed by atoms with Crippen molar-refractivity contribution in [2.24, 2.45) is 5.41 Å². The van der Waals surface area contributed by atoms with Crippen LogP contribution in [0.15, 0.2) is 114 Å². The van der Waals surface area contributed by atoms with Crippen molar-refractivity contribution in [3.63, 3.8) is 0 Å². The predicted molar refractivity (Wildman–Crippen MR) is 221 cm³/mol. The molecule has 0 aliphatic heterocycles. The third kappa shape index (κ3) is 7.87. The number of nitrogens with zero attached hydrogens (tertiary/aromatic N) is 3. The molecule has 8 rings (SSSR count). The van der Waals surface area contributed by atoms with Crippen LogP contribution in [-0.2, 0) is 26.5 Å². The van der Waals surface area contributed by atoms with Crippen LogP contribution >= 0.6 is 0 Å². The number of rotatable bonds is 5. The van der Waals surface area contributed by atoms with Crippen molar-refractivity contribution in [1.29, 1.82) is 0 Å². The maximum atomic E-state index is 8.75. The van der Waals surface area contributed by atoms with Crippen LogP contribution in [0.25, 0.3) is 61.3 Å². The minimum atomic E-state index is -1.70. The van der Waals surface area contributed by atoms with Gasteiger partial charge in [-0.25, -0.2) is 0 Å². The summed E-state index contributed by atoms with van der Waals surface area (Å²) < 4.78 is 26.1. The van der Waals surface area contributed by atoms with Crippen LogP contribution in [-0.4, -0.2) is 22.6 Å². The summed E-state index contributed by atoms with van der Waals surface area (Å²) in [6.45, 7) is 19.0. The topological polar surface area (TPSA) is 43.9 Å². The van der Waals surface area contributed by atoms with Crippen LogP contribution in [0.2, 0.25) is 19.6 Å². The number of hydrogen-bond donors (Lipinski definition) is 0. The van der Waals surface area contributed by atoms with Crippen molar-refractivity contribution >= 4 is 46.2 Å². The molecule has 0 aliphatic carbocycles. The minimum absolute atomic E-state index is 0. The summed E-state index contributed by atoms with van der Waals surface area (Å²) in [7, 11) is -1.70. The Balaban J connectivity index is 0.000000193. The molecule has 53 heavy (non-hydrogen) atoms. The Bertz CT molecular complexity index is 2630. The Morgan fingerprint density at radius 1 is 0.811 bits per heavy atom. The molecule has 0 saturated carbocycles. The van der Waals surface area contributed by atoms with E-state index in [2.05, 4.69) is 105 Å². The average Bonchev–Trinajstić information content (AvgIpc) is 3.70. The van der Waals surface area contributed by atoms with Crippen molar-refractivity contribution < 1.29 is 27.3 Å². The molecule has 1 radical (unpaired) electrons. The Kier molecular flexibility index (Phi) is 10.0. The summed E-state index contributed by atoms with van der Waals surface area (Å²) in [5.41, 5.74) is 11.5. The van der Waals surface area contributed by atoms with E-state index in [0.717, 1.165) is 72.1 Å². The summed E-state index contributed by atoms with van der Waals surface area (Å²) >= 11 is 0. The first-order valence-electron chi connectivity index (χ1n) is 18.9. The van der Waals surface area contributed by atoms with Gasteiger partial charge >= 0.3 is 0 Å². The van der Waals surface area contributed by atoms with E-state index >= 15 is 0 Å². The number of para-hydroxylation sites is 3. The van der Waals surface area contributed by atoms with Gasteiger partial charge in [0.2, 0.25) is 0 Å². The number of pyridine rings is 1. The van der Waals surface area contributed by atoms with Crippen LogP contribution in [0.1, 0.15) is 45.8 Å². The number of imidazole rings is 1. The van der Waals surface area contributed by atoms with Crippen LogP contribution in [0.5, 0.6) is 0 Å². The molecule has 3 heterocycles. The molecule has 0 unspecified atom stereocenters. The average molecular weight is 892 g/mol. The van der Waals surface area contributed by atoms with Crippen LogP contribution < -0.4 is 5.19 Å². The summed E-state index contributed by atoms with van der Waals surface area (Å²) in [5.74, 6) is 0.848. The largest absolute Gasteiger partial charge is 0.501 e. The van der Waals surface area contributed by atoms with Gasteiger partial charge in [-0.2, -0.15) is 0 Å². The Morgan fingerprint density at radius 3 is 2.21 bits per heavy atom. The van der Waals surface area contributed by atoms with Crippen molar-refractivity contribution in [3.05, 3.63) is 144 Å². The molecule has 6 heteroatoms. The fourth-order valence-electron chi connectivity index (χ4n) is 7.06. The second-order valence-electron chi connectivity index (χ2n) is 15.7. The second kappa shape index (κ2) is 15.0. The number of benzene rings is 5. The Morgan fingerprint density at radius 2 is 1.51 bits per heavy atom. The molecule has 0 fully saturated rings. The maximum Gasteiger partial charge on any atom is 0.120 e. The molecular formula is C47H47IrN3OSi-2. The molecule has 8 aromatic rings. The number of fused-ring (bicyclic) bond motifs is 4. The Hall–Kier alpha value is -4.61. The van der Waals surface area contributed by atoms with Gasteiger partial charge in [-0.1, -0.05) is 111 Å². The van der Waals surface area contributed by atoms with Crippen LogP contribution in [0.4, 0.5) is 0 Å². The summed E-state index contributed by atoms with van der Waals surface area (Å²) in [4.78, 5) is 9.66. The first-order chi connectivity index (χ1) is 25.6. The number of aromatic nitrogens is 3. The quantitative estimate of drug-likeness (QED) is 0.128. The zero-order valence-electron chi connectivity index (χ0n) is 34.0. The van der Waals surface area contributed by atoms with Gasteiger partial charge in [0.1, 0.15) is 5.58 Å². The van der Waals surface area contributed by atoms with Crippen molar-refractivity contribution in [3.8, 4) is 28.3 Å². The molecule has 0 saturated heterocycles. The fraction of sp³-hybridized carbons (Fsp3) is 0.234. The minimum Gasteiger partial charge on any atom is -0.501 e. The first kappa shape index (κ1) is 35.4. The summed E-state index contributed by atoms with van der Waals surface area (Å²) in [6.07, 6.45) is 0.469. The van der Waals surface area contributed by atoms with E-state index in [9.17, 15) is 0 Å². The summed E-state index contributed by atoms with van der Waals surface area (Å²) in [6, 6.07) is 41.2.